The number of aliphatic hydroxyl groups excluding tert-OH is 1. The summed E-state index contributed by atoms with van der Waals surface area (Å²) in [6.45, 7) is 0.0633. The zero-order valence-electron chi connectivity index (χ0n) is 19.4. The number of aliphatic hydroxyl groups is 1. The number of rotatable bonds is 4. The van der Waals surface area contributed by atoms with Gasteiger partial charge in [0.05, 0.1) is 23.5 Å². The van der Waals surface area contributed by atoms with Gasteiger partial charge in [0.2, 0.25) is 6.17 Å². The zero-order valence-corrected chi connectivity index (χ0v) is 19.4. The number of urea groups is 1. The van der Waals surface area contributed by atoms with Crippen LogP contribution < -0.4 is 20.9 Å². The molecule has 0 fully saturated rings. The van der Waals surface area contributed by atoms with Crippen molar-refractivity contribution in [2.75, 3.05) is 23.8 Å². The fraction of sp³-hybridized carbons (Fsp3) is 0.111. The smallest absolute Gasteiger partial charge is 0.321 e. The summed E-state index contributed by atoms with van der Waals surface area (Å²) in [5, 5.41) is 17.9. The van der Waals surface area contributed by atoms with Crippen LogP contribution in [0.5, 0.6) is 0 Å². The summed E-state index contributed by atoms with van der Waals surface area (Å²) in [6.07, 6.45) is -1.17. The second-order valence-electron chi connectivity index (χ2n) is 8.34. The lowest BCUT2D eigenvalue weighted by molar-refractivity contribution is -0.119. The third kappa shape index (κ3) is 4.29. The first-order chi connectivity index (χ1) is 17.4. The molecule has 2 aliphatic rings. The molecule has 0 spiro atoms. The Morgan fingerprint density at radius 1 is 1.00 bits per heavy atom. The van der Waals surface area contributed by atoms with E-state index in [2.05, 4.69) is 20.9 Å². The number of benzene rings is 3. The number of anilines is 2. The average Bonchev–Trinajstić information content (AvgIpc) is 3.19. The summed E-state index contributed by atoms with van der Waals surface area (Å²) in [5.74, 6) is -0.838. The van der Waals surface area contributed by atoms with Gasteiger partial charge in [-0.1, -0.05) is 60.7 Å². The van der Waals surface area contributed by atoms with Gasteiger partial charge < -0.3 is 26.0 Å². The number of hydrogen-bond donors (Lipinski definition) is 4. The molecule has 1 unspecified atom stereocenters. The average molecular weight is 482 g/mol. The molecule has 4 amide bonds. The predicted molar refractivity (Wildman–Crippen MR) is 137 cm³/mol. The molecule has 0 aromatic heterocycles. The maximum atomic E-state index is 13.3. The maximum absolute atomic E-state index is 13.3. The van der Waals surface area contributed by atoms with E-state index in [1.165, 1.54) is 4.90 Å². The number of hydrogen-bond acceptors (Lipinski definition) is 5. The van der Waals surface area contributed by atoms with E-state index in [0.717, 1.165) is 11.1 Å². The van der Waals surface area contributed by atoms with Gasteiger partial charge in [0.25, 0.3) is 11.8 Å². The van der Waals surface area contributed by atoms with E-state index in [0.29, 0.717) is 22.6 Å². The number of para-hydroxylation sites is 1. The molecule has 1 atom stereocenters. The van der Waals surface area contributed by atoms with Crippen molar-refractivity contribution in [2.45, 2.75) is 6.17 Å². The van der Waals surface area contributed by atoms with Gasteiger partial charge in [-0.15, -0.1) is 0 Å². The molecule has 2 aliphatic heterocycles. The van der Waals surface area contributed by atoms with Gasteiger partial charge in [-0.2, -0.15) is 0 Å². The van der Waals surface area contributed by atoms with Crippen LogP contribution in [-0.4, -0.2) is 48.4 Å². The minimum atomic E-state index is -1.17. The Labute approximate surface area is 207 Å². The molecule has 3 aromatic rings. The topological polar surface area (TPSA) is 123 Å². The van der Waals surface area contributed by atoms with Gasteiger partial charge >= 0.3 is 6.03 Å². The van der Waals surface area contributed by atoms with Crippen molar-refractivity contribution < 1.29 is 19.5 Å². The van der Waals surface area contributed by atoms with Crippen LogP contribution in [-0.2, 0) is 9.59 Å². The Hall–Kier alpha value is -4.92. The summed E-state index contributed by atoms with van der Waals surface area (Å²) in [7, 11) is 1.65. The first-order valence-corrected chi connectivity index (χ1v) is 11.3. The summed E-state index contributed by atoms with van der Waals surface area (Å²) >= 11 is 0. The van der Waals surface area contributed by atoms with Crippen LogP contribution in [0.3, 0.4) is 0 Å². The maximum Gasteiger partial charge on any atom is 0.321 e. The van der Waals surface area contributed by atoms with Gasteiger partial charge in [0.15, 0.2) is 0 Å². The minimum Gasteiger partial charge on any atom is -0.510 e. The van der Waals surface area contributed by atoms with Gasteiger partial charge in [0.1, 0.15) is 5.76 Å². The largest absolute Gasteiger partial charge is 0.510 e. The number of likely N-dealkylation sites (N-methyl/N-ethyl adjacent to an activating group) is 1. The van der Waals surface area contributed by atoms with E-state index in [1.807, 2.05) is 54.6 Å². The van der Waals surface area contributed by atoms with Crippen molar-refractivity contribution in [3.8, 4) is 0 Å². The van der Waals surface area contributed by atoms with Crippen LogP contribution >= 0.6 is 0 Å². The number of amides is 4. The minimum absolute atomic E-state index is 0.0592. The zero-order chi connectivity index (χ0) is 25.2. The first kappa shape index (κ1) is 22.9. The summed E-state index contributed by atoms with van der Waals surface area (Å²) < 4.78 is 0. The molecule has 180 valence electrons. The van der Waals surface area contributed by atoms with Crippen molar-refractivity contribution in [1.29, 1.82) is 0 Å². The van der Waals surface area contributed by atoms with E-state index in [1.54, 1.807) is 31.3 Å². The summed E-state index contributed by atoms with van der Waals surface area (Å²) in [5.41, 5.74) is 3.88. The number of benzodiazepines with no additional fused rings is 1. The monoisotopic (exact) mass is 481 g/mol. The standard InChI is InChI=1S/C27H23N5O4/c1-32-20-13-6-5-12-19(20)23(16-8-3-2-4-9-16)30-24(26(32)35)31-27(36)29-18-11-7-10-17(14-18)22-21(33)15-28-25(22)34/h2-14,24,33H,15H2,1H3,(H,28,34)(H2,29,31,36). The third-order valence-electron chi connectivity index (χ3n) is 6.00. The van der Waals surface area contributed by atoms with Crippen LogP contribution in [0.4, 0.5) is 16.2 Å². The third-order valence-corrected chi connectivity index (χ3v) is 6.00. The number of carbonyl (C=O) groups excluding carboxylic acids is 3. The van der Waals surface area contributed by atoms with Crippen molar-refractivity contribution in [3.05, 3.63) is 101 Å². The molecule has 9 nitrogen and oxygen atoms in total. The Kier molecular flexibility index (Phi) is 5.95. The molecule has 2 heterocycles. The lowest BCUT2D eigenvalue weighted by Crippen LogP contribution is -2.47. The Morgan fingerprint density at radius 3 is 2.47 bits per heavy atom. The van der Waals surface area contributed by atoms with Gasteiger partial charge in [-0.05, 0) is 23.8 Å². The molecular weight excluding hydrogens is 458 g/mol. The predicted octanol–water partition coefficient (Wildman–Crippen LogP) is 3.05. The molecule has 0 saturated heterocycles. The van der Waals surface area contributed by atoms with E-state index in [-0.39, 0.29) is 23.8 Å². The highest BCUT2D eigenvalue weighted by atomic mass is 16.3. The number of nitrogens with one attached hydrogen (secondary N) is 3. The second kappa shape index (κ2) is 9.38. The second-order valence-corrected chi connectivity index (χ2v) is 8.34. The fourth-order valence-electron chi connectivity index (χ4n) is 4.26. The molecule has 0 bridgehead atoms. The van der Waals surface area contributed by atoms with Crippen LogP contribution in [0, 0.1) is 0 Å². The highest BCUT2D eigenvalue weighted by Gasteiger charge is 2.31. The quantitative estimate of drug-likeness (QED) is 0.457. The van der Waals surface area contributed by atoms with Gasteiger partial charge in [0, 0.05) is 23.9 Å². The van der Waals surface area contributed by atoms with Gasteiger partial charge in [-0.25, -0.2) is 9.79 Å². The normalized spacial score (nSPS) is 17.2. The van der Waals surface area contributed by atoms with Crippen LogP contribution in [0.25, 0.3) is 5.57 Å². The number of nitrogens with zero attached hydrogens (tertiary/aromatic N) is 2. The van der Waals surface area contributed by atoms with Crippen LogP contribution in [0.2, 0.25) is 0 Å². The molecule has 5 rings (SSSR count). The molecule has 0 saturated carbocycles. The van der Waals surface area contributed by atoms with Crippen LogP contribution in [0.15, 0.2) is 89.6 Å². The molecule has 0 aliphatic carbocycles. The molecular formula is C27H23N5O4. The van der Waals surface area contributed by atoms with Crippen molar-refractivity contribution in [2.24, 2.45) is 4.99 Å². The van der Waals surface area contributed by atoms with E-state index < -0.39 is 18.1 Å². The van der Waals surface area contributed by atoms with Crippen LogP contribution in [0.1, 0.15) is 16.7 Å². The Balaban J connectivity index is 1.42. The fourth-order valence-corrected chi connectivity index (χ4v) is 4.26. The Bertz CT molecular complexity index is 1430. The number of fused-ring (bicyclic) bond motifs is 1. The Morgan fingerprint density at radius 2 is 1.72 bits per heavy atom. The molecule has 9 heteroatoms. The molecule has 4 N–H and O–H groups in total. The molecule has 0 radical (unpaired) electrons. The summed E-state index contributed by atoms with van der Waals surface area (Å²) in [4.78, 5) is 44.4. The van der Waals surface area contributed by atoms with E-state index in [4.69, 9.17) is 0 Å². The van der Waals surface area contributed by atoms with E-state index >= 15 is 0 Å². The highest BCUT2D eigenvalue weighted by Crippen LogP contribution is 2.27. The summed E-state index contributed by atoms with van der Waals surface area (Å²) in [6, 6.07) is 22.8. The lowest BCUT2D eigenvalue weighted by atomic mass is 10.0. The van der Waals surface area contributed by atoms with Crippen molar-refractivity contribution in [3.63, 3.8) is 0 Å². The molecule has 3 aromatic carbocycles. The lowest BCUT2D eigenvalue weighted by Gasteiger charge is -2.21. The van der Waals surface area contributed by atoms with Crippen molar-refractivity contribution in [1.82, 2.24) is 10.6 Å². The number of carbonyl (C=O) groups is 3. The first-order valence-electron chi connectivity index (χ1n) is 11.3. The van der Waals surface area contributed by atoms with Crippen molar-refractivity contribution >= 4 is 40.5 Å². The van der Waals surface area contributed by atoms with Gasteiger partial charge in [-0.3, -0.25) is 9.59 Å². The highest BCUT2D eigenvalue weighted by molar-refractivity contribution is 6.22. The molecule has 36 heavy (non-hydrogen) atoms. The van der Waals surface area contributed by atoms with E-state index in [9.17, 15) is 19.5 Å². The SMILES string of the molecule is CN1C(=O)C(NC(=O)Nc2cccc(C3=C(O)CNC3=O)c2)N=C(c2ccccc2)c2ccccc21. The number of aliphatic imine (C=N–C) groups is 1.